The fourth-order valence-corrected chi connectivity index (χ4v) is 2.82. The molecule has 4 heteroatoms. The monoisotopic (exact) mass is 290 g/mol. The minimum Gasteiger partial charge on any atom is -0.496 e. The van der Waals surface area contributed by atoms with Crippen molar-refractivity contribution in [2.45, 2.75) is 39.2 Å². The van der Waals surface area contributed by atoms with Gasteiger partial charge in [-0.3, -0.25) is 4.79 Å². The van der Waals surface area contributed by atoms with E-state index in [1.807, 2.05) is 17.0 Å². The number of ether oxygens (including phenoxy) is 1. The highest BCUT2D eigenvalue weighted by Gasteiger charge is 2.18. The Bertz CT molecular complexity index is 482. The Hall–Kier alpha value is -1.55. The summed E-state index contributed by atoms with van der Waals surface area (Å²) in [6, 6.07) is 6.36. The van der Waals surface area contributed by atoms with Crippen LogP contribution in [0.5, 0.6) is 5.75 Å². The summed E-state index contributed by atoms with van der Waals surface area (Å²) in [7, 11) is 1.69. The third-order valence-corrected chi connectivity index (χ3v) is 4.10. The van der Waals surface area contributed by atoms with Crippen molar-refractivity contribution in [2.75, 3.05) is 26.7 Å². The maximum atomic E-state index is 12.0. The van der Waals surface area contributed by atoms with E-state index < -0.39 is 0 Å². The lowest BCUT2D eigenvalue weighted by Gasteiger charge is -2.19. The summed E-state index contributed by atoms with van der Waals surface area (Å²) in [4.78, 5) is 14.0. The van der Waals surface area contributed by atoms with Crippen LogP contribution in [0.4, 0.5) is 0 Å². The zero-order valence-corrected chi connectivity index (χ0v) is 13.3. The summed E-state index contributed by atoms with van der Waals surface area (Å²) in [6.45, 7) is 6.75. The molecule has 116 valence electrons. The van der Waals surface area contributed by atoms with Crippen LogP contribution in [0.3, 0.4) is 0 Å². The average Bonchev–Trinajstić information content (AvgIpc) is 3.01. The highest BCUT2D eigenvalue weighted by atomic mass is 16.5. The van der Waals surface area contributed by atoms with Crippen molar-refractivity contribution in [3.8, 4) is 5.75 Å². The van der Waals surface area contributed by atoms with Gasteiger partial charge < -0.3 is 15.0 Å². The number of rotatable bonds is 6. The number of likely N-dealkylation sites (tertiary alicyclic amines) is 1. The van der Waals surface area contributed by atoms with Gasteiger partial charge >= 0.3 is 0 Å². The Balaban J connectivity index is 1.85. The number of aryl methyl sites for hydroxylation is 1. The second-order valence-electron chi connectivity index (χ2n) is 5.76. The highest BCUT2D eigenvalue weighted by molar-refractivity contribution is 5.76. The van der Waals surface area contributed by atoms with Crippen LogP contribution in [0, 0.1) is 6.92 Å². The Morgan fingerprint density at radius 2 is 2.10 bits per heavy atom. The molecule has 1 unspecified atom stereocenters. The quantitative estimate of drug-likeness (QED) is 0.876. The van der Waals surface area contributed by atoms with Crippen LogP contribution < -0.4 is 10.1 Å². The van der Waals surface area contributed by atoms with Gasteiger partial charge in [0.05, 0.1) is 7.11 Å². The number of hydrogen-bond acceptors (Lipinski definition) is 3. The smallest absolute Gasteiger partial charge is 0.223 e. The molecule has 1 saturated heterocycles. The van der Waals surface area contributed by atoms with Gasteiger partial charge in [-0.1, -0.05) is 17.7 Å². The third-order valence-electron chi connectivity index (χ3n) is 4.10. The Labute approximate surface area is 127 Å². The molecule has 1 amide bonds. The predicted molar refractivity (Wildman–Crippen MR) is 84.6 cm³/mol. The SMILES string of the molecule is COc1ccc(C)cc1C(C)NCCC(=O)N1CCCC1. The number of amides is 1. The van der Waals surface area contributed by atoms with E-state index in [1.54, 1.807) is 7.11 Å². The molecule has 0 saturated carbocycles. The molecule has 1 heterocycles. The first-order valence-corrected chi connectivity index (χ1v) is 7.77. The molecule has 0 bridgehead atoms. The first-order valence-electron chi connectivity index (χ1n) is 7.77. The lowest BCUT2D eigenvalue weighted by molar-refractivity contribution is -0.130. The van der Waals surface area contributed by atoms with E-state index in [4.69, 9.17) is 4.74 Å². The van der Waals surface area contributed by atoms with Gasteiger partial charge in [0.2, 0.25) is 5.91 Å². The number of benzene rings is 1. The second kappa shape index (κ2) is 7.46. The molecule has 2 rings (SSSR count). The number of carbonyl (C=O) groups excluding carboxylic acids is 1. The van der Waals surface area contributed by atoms with Gasteiger partial charge in [0, 0.05) is 37.7 Å². The first kappa shape index (κ1) is 15.8. The van der Waals surface area contributed by atoms with Crippen molar-refractivity contribution in [2.24, 2.45) is 0 Å². The molecule has 0 spiro atoms. The summed E-state index contributed by atoms with van der Waals surface area (Å²) in [6.07, 6.45) is 2.87. The van der Waals surface area contributed by atoms with Crippen molar-refractivity contribution in [1.29, 1.82) is 0 Å². The van der Waals surface area contributed by atoms with Gasteiger partial charge in [-0.05, 0) is 32.8 Å². The molecule has 1 N–H and O–H groups in total. The molecule has 1 atom stereocenters. The van der Waals surface area contributed by atoms with Gasteiger partial charge in [-0.15, -0.1) is 0 Å². The van der Waals surface area contributed by atoms with E-state index in [0.717, 1.165) is 37.2 Å². The first-order chi connectivity index (χ1) is 10.1. The van der Waals surface area contributed by atoms with E-state index in [9.17, 15) is 4.79 Å². The Kier molecular flexibility index (Phi) is 5.62. The summed E-state index contributed by atoms with van der Waals surface area (Å²) in [5.41, 5.74) is 2.36. The number of methoxy groups -OCH3 is 1. The number of nitrogens with one attached hydrogen (secondary N) is 1. The van der Waals surface area contributed by atoms with E-state index >= 15 is 0 Å². The minimum absolute atomic E-state index is 0.172. The van der Waals surface area contributed by atoms with Crippen LogP contribution in [0.1, 0.15) is 43.4 Å². The Morgan fingerprint density at radius 3 is 2.76 bits per heavy atom. The van der Waals surface area contributed by atoms with Crippen LogP contribution in [0.2, 0.25) is 0 Å². The molecule has 1 aliphatic heterocycles. The summed E-state index contributed by atoms with van der Waals surface area (Å²) in [5, 5.41) is 3.43. The molecular formula is C17H26N2O2. The number of nitrogens with zero attached hydrogens (tertiary/aromatic N) is 1. The van der Waals surface area contributed by atoms with Crippen LogP contribution >= 0.6 is 0 Å². The number of carbonyl (C=O) groups is 1. The van der Waals surface area contributed by atoms with E-state index in [1.165, 1.54) is 5.56 Å². The number of hydrogen-bond donors (Lipinski definition) is 1. The van der Waals surface area contributed by atoms with E-state index in [-0.39, 0.29) is 11.9 Å². The molecule has 1 aromatic rings. The van der Waals surface area contributed by atoms with Gasteiger partial charge in [0.25, 0.3) is 0 Å². The van der Waals surface area contributed by atoms with Gasteiger partial charge in [-0.2, -0.15) is 0 Å². The summed E-state index contributed by atoms with van der Waals surface area (Å²) >= 11 is 0. The van der Waals surface area contributed by atoms with Crippen LogP contribution in [-0.2, 0) is 4.79 Å². The largest absolute Gasteiger partial charge is 0.496 e. The normalized spacial score (nSPS) is 16.0. The highest BCUT2D eigenvalue weighted by Crippen LogP contribution is 2.25. The van der Waals surface area contributed by atoms with Gasteiger partial charge in [0.15, 0.2) is 0 Å². The Morgan fingerprint density at radius 1 is 1.38 bits per heavy atom. The fraction of sp³-hybridized carbons (Fsp3) is 0.588. The van der Waals surface area contributed by atoms with Crippen LogP contribution in [-0.4, -0.2) is 37.6 Å². The van der Waals surface area contributed by atoms with Gasteiger partial charge in [0.1, 0.15) is 5.75 Å². The van der Waals surface area contributed by atoms with Crippen molar-refractivity contribution in [1.82, 2.24) is 10.2 Å². The molecule has 4 nitrogen and oxygen atoms in total. The average molecular weight is 290 g/mol. The lowest BCUT2D eigenvalue weighted by Crippen LogP contribution is -2.31. The van der Waals surface area contributed by atoms with Gasteiger partial charge in [-0.25, -0.2) is 0 Å². The van der Waals surface area contributed by atoms with Crippen molar-refractivity contribution in [3.63, 3.8) is 0 Å². The molecule has 0 radical (unpaired) electrons. The zero-order valence-electron chi connectivity index (χ0n) is 13.3. The molecule has 1 aliphatic rings. The van der Waals surface area contributed by atoms with E-state index in [0.29, 0.717) is 13.0 Å². The summed E-state index contributed by atoms with van der Waals surface area (Å²) in [5.74, 6) is 1.16. The van der Waals surface area contributed by atoms with Crippen molar-refractivity contribution < 1.29 is 9.53 Å². The predicted octanol–water partition coefficient (Wildman–Crippen LogP) is 2.67. The maximum absolute atomic E-state index is 12.0. The molecule has 0 aliphatic carbocycles. The molecule has 1 fully saturated rings. The second-order valence-corrected chi connectivity index (χ2v) is 5.76. The maximum Gasteiger partial charge on any atom is 0.223 e. The topological polar surface area (TPSA) is 41.6 Å². The lowest BCUT2D eigenvalue weighted by atomic mass is 10.0. The zero-order chi connectivity index (χ0) is 15.2. The molecular weight excluding hydrogens is 264 g/mol. The third kappa shape index (κ3) is 4.21. The van der Waals surface area contributed by atoms with Crippen LogP contribution in [0.25, 0.3) is 0 Å². The molecule has 1 aromatic carbocycles. The fourth-order valence-electron chi connectivity index (χ4n) is 2.82. The van der Waals surface area contributed by atoms with Crippen molar-refractivity contribution in [3.05, 3.63) is 29.3 Å². The minimum atomic E-state index is 0.172. The molecule has 21 heavy (non-hydrogen) atoms. The van der Waals surface area contributed by atoms with Crippen LogP contribution in [0.15, 0.2) is 18.2 Å². The summed E-state index contributed by atoms with van der Waals surface area (Å²) < 4.78 is 5.42. The molecule has 0 aromatic heterocycles. The standard InChI is InChI=1S/C17H26N2O2/c1-13-6-7-16(21-3)15(12-13)14(2)18-9-8-17(20)19-10-4-5-11-19/h6-7,12,14,18H,4-5,8-11H2,1-3H3. The van der Waals surface area contributed by atoms with Crippen molar-refractivity contribution >= 4 is 5.91 Å². The van der Waals surface area contributed by atoms with E-state index in [2.05, 4.69) is 25.2 Å².